The van der Waals surface area contributed by atoms with E-state index >= 15 is 0 Å². The van der Waals surface area contributed by atoms with Crippen LogP contribution in [-0.4, -0.2) is 57.4 Å². The molecule has 0 radical (unpaired) electrons. The van der Waals surface area contributed by atoms with Crippen LogP contribution in [0, 0.1) is 0 Å². The van der Waals surface area contributed by atoms with E-state index in [1.807, 2.05) is 42.2 Å². The largest absolute Gasteiger partial charge is 0.383 e. The summed E-state index contributed by atoms with van der Waals surface area (Å²) in [5, 5.41) is 0. The molecule has 1 amide bonds. The van der Waals surface area contributed by atoms with Crippen LogP contribution in [0.1, 0.15) is 25.3 Å². The molecule has 0 aromatic heterocycles. The van der Waals surface area contributed by atoms with Gasteiger partial charge in [0.25, 0.3) is 5.91 Å². The summed E-state index contributed by atoms with van der Waals surface area (Å²) >= 11 is 0. The van der Waals surface area contributed by atoms with Gasteiger partial charge < -0.3 is 19.1 Å². The zero-order chi connectivity index (χ0) is 16.9. The average Bonchev–Trinajstić information content (AvgIpc) is 2.97. The molecule has 2 rings (SSSR count). The van der Waals surface area contributed by atoms with E-state index in [4.69, 9.17) is 14.2 Å². The van der Waals surface area contributed by atoms with Crippen LogP contribution in [0.3, 0.4) is 0 Å². The van der Waals surface area contributed by atoms with Gasteiger partial charge in [0.2, 0.25) is 0 Å². The molecule has 128 valence electrons. The monoisotopic (exact) mass is 321 g/mol. The predicted octanol–water partition coefficient (Wildman–Crippen LogP) is 2.20. The normalized spacial score (nSPS) is 23.7. The first-order valence-electron chi connectivity index (χ1n) is 7.99. The summed E-state index contributed by atoms with van der Waals surface area (Å²) in [6.07, 6.45) is 1.84. The van der Waals surface area contributed by atoms with Gasteiger partial charge in [-0.1, -0.05) is 30.3 Å². The molecule has 3 atom stereocenters. The Morgan fingerprint density at radius 3 is 2.04 bits per heavy atom. The van der Waals surface area contributed by atoms with E-state index in [-0.39, 0.29) is 18.0 Å². The van der Waals surface area contributed by atoms with Crippen LogP contribution < -0.4 is 0 Å². The molecule has 1 aromatic rings. The van der Waals surface area contributed by atoms with Crippen molar-refractivity contribution in [3.63, 3.8) is 0 Å². The molecule has 1 aliphatic heterocycles. The standard InChI is InChI=1S/C18H27NO4/c1-18(23-4,14-8-6-5-7-9-14)17(20)19-15(12-21-2)10-11-16(19)13-22-3/h5-9,15-16H,10-13H2,1-4H3/t15-,16+,18-/m0/s1. The zero-order valence-electron chi connectivity index (χ0n) is 14.5. The van der Waals surface area contributed by atoms with Crippen molar-refractivity contribution in [2.75, 3.05) is 34.5 Å². The van der Waals surface area contributed by atoms with Gasteiger partial charge in [0.05, 0.1) is 25.3 Å². The minimum absolute atomic E-state index is 0.0344. The third-order valence-electron chi connectivity index (χ3n) is 4.71. The first-order chi connectivity index (χ1) is 11.1. The molecule has 1 saturated heterocycles. The SMILES string of the molecule is COC[C@H]1CC[C@@H](COC)N1C(=O)[C@@](C)(OC)c1ccccc1. The maximum Gasteiger partial charge on any atom is 0.259 e. The quantitative estimate of drug-likeness (QED) is 0.772. The van der Waals surface area contributed by atoms with E-state index in [0.29, 0.717) is 13.2 Å². The second kappa shape index (κ2) is 7.90. The first kappa shape index (κ1) is 17.9. The van der Waals surface area contributed by atoms with Crippen LogP contribution in [0.15, 0.2) is 30.3 Å². The fourth-order valence-electron chi connectivity index (χ4n) is 3.34. The van der Waals surface area contributed by atoms with Gasteiger partial charge in [-0.25, -0.2) is 0 Å². The molecule has 1 aliphatic rings. The summed E-state index contributed by atoms with van der Waals surface area (Å²) in [6, 6.07) is 9.74. The molecule has 0 bridgehead atoms. The fourth-order valence-corrected chi connectivity index (χ4v) is 3.34. The van der Waals surface area contributed by atoms with Crippen molar-refractivity contribution in [2.45, 2.75) is 37.5 Å². The summed E-state index contributed by atoms with van der Waals surface area (Å²) in [5.74, 6) is -0.0344. The molecular formula is C18H27NO4. The number of amides is 1. The van der Waals surface area contributed by atoms with E-state index < -0.39 is 5.60 Å². The Balaban J connectivity index is 2.32. The number of rotatable bonds is 7. The third-order valence-corrected chi connectivity index (χ3v) is 4.71. The number of hydrogen-bond acceptors (Lipinski definition) is 4. The van der Waals surface area contributed by atoms with E-state index in [0.717, 1.165) is 18.4 Å². The van der Waals surface area contributed by atoms with Crippen molar-refractivity contribution in [2.24, 2.45) is 0 Å². The molecule has 1 fully saturated rings. The number of likely N-dealkylation sites (tertiary alicyclic amines) is 1. The van der Waals surface area contributed by atoms with E-state index in [1.165, 1.54) is 0 Å². The minimum atomic E-state index is -1.01. The number of carbonyl (C=O) groups is 1. The van der Waals surface area contributed by atoms with Crippen molar-refractivity contribution in [3.05, 3.63) is 35.9 Å². The number of hydrogen-bond donors (Lipinski definition) is 0. The Labute approximate surface area is 138 Å². The molecule has 0 spiro atoms. The lowest BCUT2D eigenvalue weighted by molar-refractivity contribution is -0.159. The number of ether oxygens (including phenoxy) is 3. The highest BCUT2D eigenvalue weighted by Crippen LogP contribution is 2.33. The van der Waals surface area contributed by atoms with Crippen molar-refractivity contribution in [1.29, 1.82) is 0 Å². The highest BCUT2D eigenvalue weighted by atomic mass is 16.5. The molecule has 0 unspecified atom stereocenters. The van der Waals surface area contributed by atoms with Gasteiger partial charge in [-0.05, 0) is 25.3 Å². The number of nitrogens with zero attached hydrogens (tertiary/aromatic N) is 1. The second-order valence-corrected chi connectivity index (χ2v) is 6.11. The van der Waals surface area contributed by atoms with Gasteiger partial charge >= 0.3 is 0 Å². The fraction of sp³-hybridized carbons (Fsp3) is 0.611. The maximum absolute atomic E-state index is 13.4. The van der Waals surface area contributed by atoms with Crippen LogP contribution >= 0.6 is 0 Å². The Morgan fingerprint density at radius 1 is 1.09 bits per heavy atom. The highest BCUT2D eigenvalue weighted by Gasteiger charge is 2.46. The van der Waals surface area contributed by atoms with Gasteiger partial charge in [0.15, 0.2) is 5.60 Å². The summed E-state index contributed by atoms with van der Waals surface area (Å²) in [5.41, 5.74) is -0.157. The minimum Gasteiger partial charge on any atom is -0.383 e. The van der Waals surface area contributed by atoms with E-state index in [1.54, 1.807) is 21.3 Å². The van der Waals surface area contributed by atoms with Gasteiger partial charge in [0, 0.05) is 21.3 Å². The second-order valence-electron chi connectivity index (χ2n) is 6.11. The molecule has 0 saturated carbocycles. The highest BCUT2D eigenvalue weighted by molar-refractivity contribution is 5.87. The van der Waals surface area contributed by atoms with Gasteiger partial charge in [0.1, 0.15) is 0 Å². The lowest BCUT2D eigenvalue weighted by Gasteiger charge is -2.37. The first-order valence-corrected chi connectivity index (χ1v) is 7.99. The van der Waals surface area contributed by atoms with Crippen LogP contribution in [0.2, 0.25) is 0 Å². The summed E-state index contributed by atoms with van der Waals surface area (Å²) in [4.78, 5) is 15.3. The molecule has 5 heteroatoms. The third kappa shape index (κ3) is 3.57. The van der Waals surface area contributed by atoms with Crippen molar-refractivity contribution in [3.8, 4) is 0 Å². The maximum atomic E-state index is 13.4. The van der Waals surface area contributed by atoms with Gasteiger partial charge in [-0.2, -0.15) is 0 Å². The van der Waals surface area contributed by atoms with E-state index in [9.17, 15) is 4.79 Å². The molecular weight excluding hydrogens is 294 g/mol. The topological polar surface area (TPSA) is 48.0 Å². The van der Waals surface area contributed by atoms with Crippen LogP contribution in [0.4, 0.5) is 0 Å². The smallest absolute Gasteiger partial charge is 0.259 e. The Kier molecular flexibility index (Phi) is 6.16. The molecule has 0 aliphatic carbocycles. The van der Waals surface area contributed by atoms with Crippen molar-refractivity contribution in [1.82, 2.24) is 4.90 Å². The van der Waals surface area contributed by atoms with E-state index in [2.05, 4.69) is 0 Å². The Morgan fingerprint density at radius 2 is 1.61 bits per heavy atom. The average molecular weight is 321 g/mol. The van der Waals surface area contributed by atoms with Crippen molar-refractivity contribution < 1.29 is 19.0 Å². The van der Waals surface area contributed by atoms with Crippen LogP contribution in [0.5, 0.6) is 0 Å². The lowest BCUT2D eigenvalue weighted by Crippen LogP contribution is -2.53. The molecule has 23 heavy (non-hydrogen) atoms. The summed E-state index contributed by atoms with van der Waals surface area (Å²) in [7, 11) is 4.91. The number of carbonyl (C=O) groups excluding carboxylic acids is 1. The lowest BCUT2D eigenvalue weighted by atomic mass is 9.93. The number of benzene rings is 1. The Hall–Kier alpha value is -1.43. The molecule has 1 aromatic carbocycles. The molecule has 5 nitrogen and oxygen atoms in total. The van der Waals surface area contributed by atoms with Gasteiger partial charge in [-0.15, -0.1) is 0 Å². The Bertz CT molecular complexity index is 493. The van der Waals surface area contributed by atoms with Gasteiger partial charge in [-0.3, -0.25) is 4.79 Å². The zero-order valence-corrected chi connectivity index (χ0v) is 14.5. The summed E-state index contributed by atoms with van der Waals surface area (Å²) in [6.45, 7) is 2.89. The predicted molar refractivity (Wildman–Crippen MR) is 88.2 cm³/mol. The molecule has 1 heterocycles. The summed E-state index contributed by atoms with van der Waals surface area (Å²) < 4.78 is 16.3. The van der Waals surface area contributed by atoms with Crippen molar-refractivity contribution >= 4 is 5.91 Å². The number of methoxy groups -OCH3 is 3. The van der Waals surface area contributed by atoms with Crippen LogP contribution in [0.25, 0.3) is 0 Å². The molecule has 0 N–H and O–H groups in total. The van der Waals surface area contributed by atoms with Crippen LogP contribution in [-0.2, 0) is 24.6 Å².